The third kappa shape index (κ3) is 3.75. The van der Waals surface area contributed by atoms with Gasteiger partial charge in [0.25, 0.3) is 0 Å². The second-order valence-corrected chi connectivity index (χ2v) is 3.43. The lowest BCUT2D eigenvalue weighted by molar-refractivity contribution is -0.124. The van der Waals surface area contributed by atoms with Gasteiger partial charge in [-0.15, -0.1) is 0 Å². The van der Waals surface area contributed by atoms with E-state index in [-0.39, 0.29) is 11.8 Å². The molecule has 0 fully saturated rings. The van der Waals surface area contributed by atoms with Crippen LogP contribution in [0, 0.1) is 5.92 Å². The predicted octanol–water partition coefficient (Wildman–Crippen LogP) is 0.974. The smallest absolute Gasteiger partial charge is 0.223 e. The van der Waals surface area contributed by atoms with Gasteiger partial charge in [-0.05, 0) is 19.3 Å². The molecule has 1 aliphatic carbocycles. The van der Waals surface area contributed by atoms with Crippen LogP contribution in [0.1, 0.15) is 19.3 Å². The summed E-state index contributed by atoms with van der Waals surface area (Å²) < 4.78 is 0. The minimum absolute atomic E-state index is 0.163. The second kappa shape index (κ2) is 6.38. The van der Waals surface area contributed by atoms with Crippen LogP contribution in [0.4, 0.5) is 0 Å². The van der Waals surface area contributed by atoms with Gasteiger partial charge in [-0.25, -0.2) is 0 Å². The number of hydrogen-bond donors (Lipinski definition) is 2. The van der Waals surface area contributed by atoms with Gasteiger partial charge in [-0.1, -0.05) is 24.3 Å². The van der Waals surface area contributed by atoms with Crippen molar-refractivity contribution in [3.05, 3.63) is 24.3 Å². The number of amides is 1. The molecule has 14 heavy (non-hydrogen) atoms. The van der Waals surface area contributed by atoms with Crippen LogP contribution >= 0.6 is 0 Å². The van der Waals surface area contributed by atoms with Crippen LogP contribution in [0.25, 0.3) is 0 Å². The van der Waals surface area contributed by atoms with Crippen LogP contribution in [0.3, 0.4) is 0 Å². The van der Waals surface area contributed by atoms with E-state index in [2.05, 4.69) is 17.5 Å². The molecule has 1 amide bonds. The van der Waals surface area contributed by atoms with Gasteiger partial charge in [0, 0.05) is 19.0 Å². The first kappa shape index (κ1) is 11.0. The Balaban J connectivity index is 2.20. The SMILES string of the molecule is NC/C=C/CNC(=O)C1CC=CCC1. The van der Waals surface area contributed by atoms with E-state index in [4.69, 9.17) is 5.73 Å². The van der Waals surface area contributed by atoms with Crippen molar-refractivity contribution in [3.8, 4) is 0 Å². The molecule has 1 unspecified atom stereocenters. The van der Waals surface area contributed by atoms with Gasteiger partial charge < -0.3 is 11.1 Å². The highest BCUT2D eigenvalue weighted by Crippen LogP contribution is 2.17. The Morgan fingerprint density at radius 1 is 1.50 bits per heavy atom. The van der Waals surface area contributed by atoms with E-state index >= 15 is 0 Å². The maximum atomic E-state index is 11.6. The molecule has 0 radical (unpaired) electrons. The summed E-state index contributed by atoms with van der Waals surface area (Å²) in [4.78, 5) is 11.6. The van der Waals surface area contributed by atoms with Gasteiger partial charge in [0.05, 0.1) is 0 Å². The summed E-state index contributed by atoms with van der Waals surface area (Å²) in [5, 5.41) is 2.87. The van der Waals surface area contributed by atoms with Gasteiger partial charge in [-0.2, -0.15) is 0 Å². The summed E-state index contributed by atoms with van der Waals surface area (Å²) >= 11 is 0. The third-order valence-electron chi connectivity index (χ3n) is 2.34. The molecular formula is C11H18N2O. The zero-order chi connectivity index (χ0) is 10.2. The van der Waals surface area contributed by atoms with E-state index in [0.717, 1.165) is 19.3 Å². The van der Waals surface area contributed by atoms with Gasteiger partial charge in [-0.3, -0.25) is 4.79 Å². The highest BCUT2D eigenvalue weighted by atomic mass is 16.1. The van der Waals surface area contributed by atoms with Gasteiger partial charge in [0.1, 0.15) is 0 Å². The lowest BCUT2D eigenvalue weighted by Gasteiger charge is -2.16. The van der Waals surface area contributed by atoms with Crippen molar-refractivity contribution in [1.29, 1.82) is 0 Å². The Morgan fingerprint density at radius 2 is 2.36 bits per heavy atom. The van der Waals surface area contributed by atoms with Crippen molar-refractivity contribution in [2.24, 2.45) is 11.7 Å². The summed E-state index contributed by atoms with van der Waals surface area (Å²) in [6.07, 6.45) is 10.8. The molecule has 0 aromatic carbocycles. The molecular weight excluding hydrogens is 176 g/mol. The van der Waals surface area contributed by atoms with E-state index in [0.29, 0.717) is 13.1 Å². The quantitative estimate of drug-likeness (QED) is 0.655. The van der Waals surface area contributed by atoms with Crippen LogP contribution < -0.4 is 11.1 Å². The molecule has 78 valence electrons. The molecule has 0 heterocycles. The number of carbonyl (C=O) groups is 1. The summed E-state index contributed by atoms with van der Waals surface area (Å²) in [7, 11) is 0. The first-order valence-electron chi connectivity index (χ1n) is 5.12. The topological polar surface area (TPSA) is 55.1 Å². The van der Waals surface area contributed by atoms with Crippen molar-refractivity contribution in [2.45, 2.75) is 19.3 Å². The van der Waals surface area contributed by atoms with Crippen LogP contribution in [-0.2, 0) is 4.79 Å². The lowest BCUT2D eigenvalue weighted by atomic mass is 9.94. The van der Waals surface area contributed by atoms with E-state index in [1.54, 1.807) is 0 Å². The Kier molecular flexibility index (Phi) is 5.00. The molecule has 3 heteroatoms. The van der Waals surface area contributed by atoms with E-state index < -0.39 is 0 Å². The van der Waals surface area contributed by atoms with Crippen molar-refractivity contribution < 1.29 is 4.79 Å². The van der Waals surface area contributed by atoms with E-state index in [1.807, 2.05) is 12.2 Å². The number of carbonyl (C=O) groups excluding carboxylic acids is 1. The monoisotopic (exact) mass is 194 g/mol. The Morgan fingerprint density at radius 3 is 3.00 bits per heavy atom. The first-order chi connectivity index (χ1) is 6.84. The Bertz CT molecular complexity index is 233. The highest BCUT2D eigenvalue weighted by molar-refractivity contribution is 5.79. The summed E-state index contributed by atoms with van der Waals surface area (Å²) in [5.74, 6) is 0.335. The molecule has 0 bridgehead atoms. The predicted molar refractivity (Wildman–Crippen MR) is 57.7 cm³/mol. The fourth-order valence-corrected chi connectivity index (χ4v) is 1.52. The third-order valence-corrected chi connectivity index (χ3v) is 2.34. The first-order valence-corrected chi connectivity index (χ1v) is 5.12. The Labute approximate surface area is 85.1 Å². The molecule has 0 saturated heterocycles. The maximum Gasteiger partial charge on any atom is 0.223 e. The minimum atomic E-state index is 0.163. The van der Waals surface area contributed by atoms with Crippen LogP contribution in [0.15, 0.2) is 24.3 Å². The molecule has 3 nitrogen and oxygen atoms in total. The summed E-state index contributed by atoms with van der Waals surface area (Å²) in [6.45, 7) is 1.12. The van der Waals surface area contributed by atoms with Crippen molar-refractivity contribution in [1.82, 2.24) is 5.32 Å². The van der Waals surface area contributed by atoms with Gasteiger partial charge in [0.2, 0.25) is 5.91 Å². The fraction of sp³-hybridized carbons (Fsp3) is 0.545. The van der Waals surface area contributed by atoms with Gasteiger partial charge in [0.15, 0.2) is 0 Å². The average Bonchev–Trinajstić information content (AvgIpc) is 2.25. The van der Waals surface area contributed by atoms with Crippen molar-refractivity contribution in [2.75, 3.05) is 13.1 Å². The molecule has 0 aromatic heterocycles. The molecule has 0 saturated carbocycles. The molecule has 1 aliphatic rings. The van der Waals surface area contributed by atoms with Crippen LogP contribution in [0.5, 0.6) is 0 Å². The second-order valence-electron chi connectivity index (χ2n) is 3.43. The molecule has 3 N–H and O–H groups in total. The molecule has 1 rings (SSSR count). The zero-order valence-electron chi connectivity index (χ0n) is 8.41. The Hall–Kier alpha value is -1.09. The zero-order valence-corrected chi connectivity index (χ0v) is 8.41. The minimum Gasteiger partial charge on any atom is -0.352 e. The van der Waals surface area contributed by atoms with E-state index in [9.17, 15) is 4.79 Å². The number of allylic oxidation sites excluding steroid dienone is 2. The summed E-state index contributed by atoms with van der Waals surface area (Å²) in [6, 6.07) is 0. The van der Waals surface area contributed by atoms with Crippen molar-refractivity contribution >= 4 is 5.91 Å². The average molecular weight is 194 g/mol. The lowest BCUT2D eigenvalue weighted by Crippen LogP contribution is -2.31. The van der Waals surface area contributed by atoms with Crippen LogP contribution in [-0.4, -0.2) is 19.0 Å². The van der Waals surface area contributed by atoms with E-state index in [1.165, 1.54) is 0 Å². The largest absolute Gasteiger partial charge is 0.352 e. The molecule has 0 aromatic rings. The molecule has 1 atom stereocenters. The normalized spacial score (nSPS) is 21.4. The maximum absolute atomic E-state index is 11.6. The van der Waals surface area contributed by atoms with Gasteiger partial charge >= 0.3 is 0 Å². The highest BCUT2D eigenvalue weighted by Gasteiger charge is 2.17. The number of nitrogens with two attached hydrogens (primary N) is 1. The van der Waals surface area contributed by atoms with Crippen molar-refractivity contribution in [3.63, 3.8) is 0 Å². The molecule has 0 aliphatic heterocycles. The number of nitrogens with one attached hydrogen (secondary N) is 1. The summed E-state index contributed by atoms with van der Waals surface area (Å²) in [5.41, 5.74) is 5.28. The fourth-order valence-electron chi connectivity index (χ4n) is 1.52. The molecule has 0 spiro atoms. The number of hydrogen-bond acceptors (Lipinski definition) is 2. The standard InChI is InChI=1S/C11H18N2O/c12-8-4-5-9-13-11(14)10-6-2-1-3-7-10/h1-2,4-5,10H,3,6-9,12H2,(H,13,14)/b5-4+. The number of rotatable bonds is 4. The van der Waals surface area contributed by atoms with Crippen LogP contribution in [0.2, 0.25) is 0 Å².